The molecule has 0 aliphatic rings. The Morgan fingerprint density at radius 1 is 1.45 bits per heavy atom. The highest BCUT2D eigenvalue weighted by atomic mass is 79.9. The summed E-state index contributed by atoms with van der Waals surface area (Å²) < 4.78 is 19.1. The van der Waals surface area contributed by atoms with Gasteiger partial charge in [-0.2, -0.15) is 5.10 Å². The normalized spacial score (nSPS) is 11.7. The topological polar surface area (TPSA) is 67.0 Å². The maximum atomic E-state index is 13.3. The van der Waals surface area contributed by atoms with Gasteiger partial charge >= 0.3 is 6.09 Å². The van der Waals surface area contributed by atoms with Gasteiger partial charge in [-0.05, 0) is 55.6 Å². The van der Waals surface area contributed by atoms with Crippen LogP contribution in [0, 0.1) is 5.82 Å². The SMILES string of the molecule is CC(C)(C)OC(=O)NCCCc1[nH]nc2cc(F)cc(Br)c12. The fraction of sp³-hybridized carbons (Fsp3) is 0.467. The number of halogens is 2. The lowest BCUT2D eigenvalue weighted by Crippen LogP contribution is -2.33. The number of nitrogens with zero attached hydrogens (tertiary/aromatic N) is 1. The molecule has 2 N–H and O–H groups in total. The van der Waals surface area contributed by atoms with Gasteiger partial charge in [0, 0.05) is 28.2 Å². The number of H-pyrrole nitrogens is 1. The van der Waals surface area contributed by atoms with Crippen molar-refractivity contribution in [3.05, 3.63) is 28.1 Å². The lowest BCUT2D eigenvalue weighted by Gasteiger charge is -2.19. The number of rotatable bonds is 4. The predicted octanol–water partition coefficient (Wildman–Crippen LogP) is 3.92. The summed E-state index contributed by atoms with van der Waals surface area (Å²) in [5.41, 5.74) is 0.994. The molecule has 0 saturated heterocycles. The highest BCUT2D eigenvalue weighted by Gasteiger charge is 2.15. The van der Waals surface area contributed by atoms with Crippen molar-refractivity contribution in [2.75, 3.05) is 6.54 Å². The van der Waals surface area contributed by atoms with Gasteiger partial charge < -0.3 is 10.1 Å². The van der Waals surface area contributed by atoms with Crippen LogP contribution in [0.2, 0.25) is 0 Å². The number of hydrogen-bond acceptors (Lipinski definition) is 3. The third kappa shape index (κ3) is 4.43. The molecule has 0 saturated carbocycles. The summed E-state index contributed by atoms with van der Waals surface area (Å²) in [5, 5.41) is 10.6. The van der Waals surface area contributed by atoms with E-state index in [0.717, 1.165) is 17.5 Å². The molecule has 7 heteroatoms. The molecule has 120 valence electrons. The van der Waals surface area contributed by atoms with Crippen molar-refractivity contribution in [2.45, 2.75) is 39.2 Å². The Bertz CT molecular complexity index is 679. The zero-order valence-electron chi connectivity index (χ0n) is 12.8. The first-order chi connectivity index (χ1) is 10.3. The van der Waals surface area contributed by atoms with Gasteiger partial charge in [-0.3, -0.25) is 5.10 Å². The van der Waals surface area contributed by atoms with Gasteiger partial charge in [-0.1, -0.05) is 0 Å². The summed E-state index contributed by atoms with van der Waals surface area (Å²) in [6, 6.07) is 2.80. The van der Waals surface area contributed by atoms with E-state index in [2.05, 4.69) is 31.4 Å². The number of aryl methyl sites for hydroxylation is 1. The predicted molar refractivity (Wildman–Crippen MR) is 86.3 cm³/mol. The Morgan fingerprint density at radius 3 is 2.86 bits per heavy atom. The molecule has 0 fully saturated rings. The molecule has 1 heterocycles. The molecule has 22 heavy (non-hydrogen) atoms. The molecule has 1 aromatic heterocycles. The first-order valence-corrected chi connectivity index (χ1v) is 7.84. The van der Waals surface area contributed by atoms with Crippen LogP contribution in [0.25, 0.3) is 10.9 Å². The Morgan fingerprint density at radius 2 is 2.18 bits per heavy atom. The minimum absolute atomic E-state index is 0.330. The summed E-state index contributed by atoms with van der Waals surface area (Å²) in [7, 11) is 0. The van der Waals surface area contributed by atoms with Crippen molar-refractivity contribution in [1.82, 2.24) is 15.5 Å². The lowest BCUT2D eigenvalue weighted by atomic mass is 10.1. The molecule has 1 amide bonds. The Kier molecular flexibility index (Phi) is 5.05. The first-order valence-electron chi connectivity index (χ1n) is 7.05. The van der Waals surface area contributed by atoms with Gasteiger partial charge in [0.25, 0.3) is 0 Å². The van der Waals surface area contributed by atoms with E-state index in [4.69, 9.17) is 4.74 Å². The number of carbonyl (C=O) groups excluding carboxylic acids is 1. The van der Waals surface area contributed by atoms with Gasteiger partial charge in [-0.15, -0.1) is 0 Å². The number of amides is 1. The average Bonchev–Trinajstić information content (AvgIpc) is 2.75. The van der Waals surface area contributed by atoms with Crippen molar-refractivity contribution in [1.29, 1.82) is 0 Å². The van der Waals surface area contributed by atoms with Crippen molar-refractivity contribution >= 4 is 32.9 Å². The summed E-state index contributed by atoms with van der Waals surface area (Å²) in [6.45, 7) is 5.95. The average molecular weight is 372 g/mol. The standard InChI is InChI=1S/C15H19BrFN3O2/c1-15(2,3)22-14(21)18-6-4-5-11-13-10(16)7-9(17)8-12(13)20-19-11/h7-8H,4-6H2,1-3H3,(H,18,21)(H,19,20). The third-order valence-electron chi connectivity index (χ3n) is 2.92. The Labute approximate surface area is 136 Å². The van der Waals surface area contributed by atoms with E-state index in [1.54, 1.807) is 0 Å². The highest BCUT2D eigenvalue weighted by Crippen LogP contribution is 2.27. The largest absolute Gasteiger partial charge is 0.444 e. The van der Waals surface area contributed by atoms with Crippen molar-refractivity contribution in [2.24, 2.45) is 0 Å². The van der Waals surface area contributed by atoms with Crippen molar-refractivity contribution in [3.8, 4) is 0 Å². The molecule has 0 bridgehead atoms. The number of benzene rings is 1. The molecule has 0 radical (unpaired) electrons. The molecule has 5 nitrogen and oxygen atoms in total. The van der Waals surface area contributed by atoms with E-state index < -0.39 is 11.7 Å². The molecule has 2 rings (SSSR count). The number of nitrogens with one attached hydrogen (secondary N) is 2. The van der Waals surface area contributed by atoms with E-state index in [9.17, 15) is 9.18 Å². The number of hydrogen-bond donors (Lipinski definition) is 2. The van der Waals surface area contributed by atoms with Crippen molar-refractivity contribution < 1.29 is 13.9 Å². The van der Waals surface area contributed by atoms with Crippen LogP contribution in [0.4, 0.5) is 9.18 Å². The summed E-state index contributed by atoms with van der Waals surface area (Å²) in [6.07, 6.45) is 0.988. The smallest absolute Gasteiger partial charge is 0.407 e. The van der Waals surface area contributed by atoms with Crippen LogP contribution in [-0.4, -0.2) is 28.4 Å². The summed E-state index contributed by atoms with van der Waals surface area (Å²) in [4.78, 5) is 11.5. The number of aromatic nitrogens is 2. The number of carbonyl (C=O) groups is 1. The molecule has 1 aromatic carbocycles. The molecule has 0 aliphatic carbocycles. The van der Waals surface area contributed by atoms with Crippen LogP contribution in [0.15, 0.2) is 16.6 Å². The second-order valence-corrected chi connectivity index (χ2v) is 6.87. The number of alkyl carbamates (subject to hydrolysis) is 1. The van der Waals surface area contributed by atoms with Gasteiger partial charge in [-0.25, -0.2) is 9.18 Å². The monoisotopic (exact) mass is 371 g/mol. The molecule has 0 spiro atoms. The van der Waals surface area contributed by atoms with E-state index in [1.807, 2.05) is 20.8 Å². The van der Waals surface area contributed by atoms with E-state index >= 15 is 0 Å². The van der Waals surface area contributed by atoms with Gasteiger partial charge in [0.15, 0.2) is 0 Å². The highest BCUT2D eigenvalue weighted by molar-refractivity contribution is 9.10. The van der Waals surface area contributed by atoms with Crippen molar-refractivity contribution in [3.63, 3.8) is 0 Å². The maximum absolute atomic E-state index is 13.3. The van der Waals surface area contributed by atoms with Gasteiger partial charge in [0.05, 0.1) is 5.52 Å². The van der Waals surface area contributed by atoms with E-state index in [-0.39, 0.29) is 5.82 Å². The number of fused-ring (bicyclic) bond motifs is 1. The first kappa shape index (κ1) is 16.7. The third-order valence-corrected chi connectivity index (χ3v) is 3.54. The van der Waals surface area contributed by atoms with E-state index in [0.29, 0.717) is 23.0 Å². The molecular formula is C15H19BrFN3O2. The Balaban J connectivity index is 1.89. The van der Waals surface area contributed by atoms with Gasteiger partial charge in [0.2, 0.25) is 0 Å². The second-order valence-electron chi connectivity index (χ2n) is 6.02. The van der Waals surface area contributed by atoms with E-state index in [1.165, 1.54) is 12.1 Å². The fourth-order valence-corrected chi connectivity index (χ4v) is 2.74. The lowest BCUT2D eigenvalue weighted by molar-refractivity contribution is 0.0527. The minimum atomic E-state index is -0.501. The van der Waals surface area contributed by atoms with Crippen LogP contribution >= 0.6 is 15.9 Å². The summed E-state index contributed by atoms with van der Waals surface area (Å²) in [5.74, 6) is -0.330. The molecule has 2 aromatic rings. The zero-order chi connectivity index (χ0) is 16.3. The van der Waals surface area contributed by atoms with Crippen LogP contribution in [0.1, 0.15) is 32.9 Å². The molecular weight excluding hydrogens is 353 g/mol. The second kappa shape index (κ2) is 6.64. The van der Waals surface area contributed by atoms with Crippen LogP contribution in [-0.2, 0) is 11.2 Å². The van der Waals surface area contributed by atoms with Crippen LogP contribution in [0.3, 0.4) is 0 Å². The van der Waals surface area contributed by atoms with Crippen LogP contribution < -0.4 is 5.32 Å². The number of ether oxygens (including phenoxy) is 1. The molecule has 0 aliphatic heterocycles. The van der Waals surface area contributed by atoms with Gasteiger partial charge in [0.1, 0.15) is 11.4 Å². The molecule has 0 atom stereocenters. The number of aromatic amines is 1. The molecule has 0 unspecified atom stereocenters. The summed E-state index contributed by atoms with van der Waals surface area (Å²) >= 11 is 3.35. The Hall–Kier alpha value is -1.63. The maximum Gasteiger partial charge on any atom is 0.407 e. The minimum Gasteiger partial charge on any atom is -0.444 e. The quantitative estimate of drug-likeness (QED) is 0.800. The van der Waals surface area contributed by atoms with Crippen LogP contribution in [0.5, 0.6) is 0 Å². The fourth-order valence-electron chi connectivity index (χ4n) is 2.08. The zero-order valence-corrected chi connectivity index (χ0v) is 14.4.